The summed E-state index contributed by atoms with van der Waals surface area (Å²) in [7, 11) is 0. The highest BCUT2D eigenvalue weighted by atomic mass is 127. The first-order chi connectivity index (χ1) is 16.5. The van der Waals surface area contributed by atoms with Gasteiger partial charge in [0.2, 0.25) is 5.88 Å². The van der Waals surface area contributed by atoms with E-state index >= 15 is 0 Å². The van der Waals surface area contributed by atoms with E-state index in [0.717, 1.165) is 18.7 Å². The minimum Gasteiger partial charge on any atom is -0.474 e. The second-order valence-electron chi connectivity index (χ2n) is 8.40. The number of rotatable bonds is 4. The quantitative estimate of drug-likeness (QED) is 0.268. The second kappa shape index (κ2) is 11.3. The Bertz CT molecular complexity index is 1160. The Labute approximate surface area is 212 Å². The summed E-state index contributed by atoms with van der Waals surface area (Å²) in [6, 6.07) is 5.71. The number of anilines is 2. The van der Waals surface area contributed by atoms with Crippen LogP contribution >= 0.6 is 28.4 Å². The first-order valence-electron chi connectivity index (χ1n) is 11.1. The number of nitrogen functional groups attached to an aromatic ring is 1. The SMILES string of the molecule is CC1CCCN(C(=O)C(=O)Nc2cnc(N)c3cnn(PI)c23)C1.c1ccc(OC2CC2)nc1. The second-order valence-corrected chi connectivity index (χ2v) is 10.4. The Morgan fingerprint density at radius 3 is 2.74 bits per heavy atom. The minimum atomic E-state index is -0.651. The number of halogens is 1. The van der Waals surface area contributed by atoms with Gasteiger partial charge in [-0.15, -0.1) is 0 Å². The van der Waals surface area contributed by atoms with Crippen LogP contribution in [0.5, 0.6) is 5.88 Å². The zero-order valence-corrected chi connectivity index (χ0v) is 21.9. The van der Waals surface area contributed by atoms with Crippen molar-refractivity contribution in [3.8, 4) is 5.88 Å². The van der Waals surface area contributed by atoms with Crippen molar-refractivity contribution in [2.45, 2.75) is 38.7 Å². The molecule has 5 rings (SSSR count). The highest BCUT2D eigenvalue weighted by Crippen LogP contribution is 2.34. The lowest BCUT2D eigenvalue weighted by molar-refractivity contribution is -0.144. The van der Waals surface area contributed by atoms with Gasteiger partial charge in [0.05, 0.1) is 29.8 Å². The van der Waals surface area contributed by atoms with E-state index in [1.165, 1.54) is 19.0 Å². The van der Waals surface area contributed by atoms with Gasteiger partial charge in [0.1, 0.15) is 17.4 Å². The van der Waals surface area contributed by atoms with Crippen LogP contribution in [0.4, 0.5) is 11.5 Å². The van der Waals surface area contributed by atoms with E-state index in [-0.39, 0.29) is 0 Å². The number of ether oxygens (including phenoxy) is 1. The zero-order valence-electron chi connectivity index (χ0n) is 18.8. The molecule has 34 heavy (non-hydrogen) atoms. The molecule has 1 saturated heterocycles. The molecule has 0 radical (unpaired) electrons. The van der Waals surface area contributed by atoms with Crippen molar-refractivity contribution in [3.05, 3.63) is 36.8 Å². The van der Waals surface area contributed by atoms with Crippen molar-refractivity contribution in [1.82, 2.24) is 24.4 Å². The van der Waals surface area contributed by atoms with Crippen LogP contribution in [0.3, 0.4) is 0 Å². The van der Waals surface area contributed by atoms with Crippen molar-refractivity contribution < 1.29 is 14.3 Å². The largest absolute Gasteiger partial charge is 0.474 e. The number of carbonyl (C=O) groups excluding carboxylic acids is 2. The molecule has 2 aliphatic rings. The summed E-state index contributed by atoms with van der Waals surface area (Å²) in [5.41, 5.74) is 7.00. The first kappa shape index (κ1) is 24.6. The van der Waals surface area contributed by atoms with Gasteiger partial charge in [0, 0.05) is 25.4 Å². The molecule has 3 aromatic heterocycles. The monoisotopic (exact) mass is 595 g/mol. The van der Waals surface area contributed by atoms with Gasteiger partial charge < -0.3 is 20.7 Å². The molecule has 1 aliphatic carbocycles. The third-order valence-electron chi connectivity index (χ3n) is 5.55. The Morgan fingerprint density at radius 1 is 1.24 bits per heavy atom. The van der Waals surface area contributed by atoms with Crippen molar-refractivity contribution in [2.75, 3.05) is 24.1 Å². The standard InChI is InChI=1S/C14H18IN6O2P.C8H9NO/c1-8-3-2-4-20(7-8)14(23)13(22)19-10-6-17-12(16)9-5-18-21(24-15)11(9)10;1-2-6-9-8(3-1)10-7-4-5-7/h5-6,8,24H,2-4,7H2,1H3,(H2,16,17)(H,19,22);1-3,6-7H,4-5H2. The molecule has 180 valence electrons. The molecule has 2 fully saturated rings. The number of aromatic nitrogens is 4. The molecule has 12 heteroatoms. The third kappa shape index (κ3) is 6.12. The van der Waals surface area contributed by atoms with E-state index in [9.17, 15) is 9.59 Å². The highest BCUT2D eigenvalue weighted by molar-refractivity contribution is 14.2. The lowest BCUT2D eigenvalue weighted by atomic mass is 10.0. The van der Waals surface area contributed by atoms with Gasteiger partial charge in [-0.25, -0.2) is 14.4 Å². The van der Waals surface area contributed by atoms with Gasteiger partial charge in [0.15, 0.2) is 0 Å². The Kier molecular flexibility index (Phi) is 8.15. The number of hydrogen-bond acceptors (Lipinski definition) is 7. The maximum atomic E-state index is 12.4. The number of carbonyl (C=O) groups is 2. The van der Waals surface area contributed by atoms with Crippen LogP contribution in [-0.2, 0) is 9.59 Å². The molecule has 3 N–H and O–H groups in total. The molecule has 0 spiro atoms. The van der Waals surface area contributed by atoms with Crippen molar-refractivity contribution >= 4 is 62.6 Å². The lowest BCUT2D eigenvalue weighted by Crippen LogP contribution is -2.44. The summed E-state index contributed by atoms with van der Waals surface area (Å²) in [5, 5.41) is 7.58. The average Bonchev–Trinajstić information content (AvgIpc) is 3.55. The predicted octanol–water partition coefficient (Wildman–Crippen LogP) is 3.62. The number of pyridine rings is 2. The van der Waals surface area contributed by atoms with E-state index in [2.05, 4.69) is 49.3 Å². The van der Waals surface area contributed by atoms with Gasteiger partial charge in [-0.3, -0.25) is 9.59 Å². The van der Waals surface area contributed by atoms with E-state index in [0.29, 0.717) is 53.9 Å². The number of nitrogens with zero attached hydrogens (tertiary/aromatic N) is 5. The number of nitrogens with two attached hydrogens (primary N) is 1. The van der Waals surface area contributed by atoms with E-state index in [4.69, 9.17) is 10.5 Å². The zero-order chi connectivity index (χ0) is 24.1. The van der Waals surface area contributed by atoms with E-state index < -0.39 is 11.8 Å². The van der Waals surface area contributed by atoms with Crippen LogP contribution in [0.15, 0.2) is 36.8 Å². The Morgan fingerprint density at radius 2 is 2.06 bits per heavy atom. The normalized spacial score (nSPS) is 17.9. The fourth-order valence-corrected chi connectivity index (χ4v) is 5.21. The topological polar surface area (TPSA) is 128 Å². The molecule has 0 aromatic carbocycles. The number of nitrogens with one attached hydrogen (secondary N) is 1. The van der Waals surface area contributed by atoms with Crippen LogP contribution in [0, 0.1) is 5.92 Å². The predicted molar refractivity (Wildman–Crippen MR) is 141 cm³/mol. The van der Waals surface area contributed by atoms with E-state index in [1.54, 1.807) is 21.7 Å². The molecular formula is C22H27IN7O3P. The molecule has 2 atom stereocenters. The van der Waals surface area contributed by atoms with Crippen LogP contribution in [0.2, 0.25) is 0 Å². The van der Waals surface area contributed by atoms with Crippen LogP contribution in [0.1, 0.15) is 32.6 Å². The molecule has 2 unspecified atom stereocenters. The van der Waals surface area contributed by atoms with Crippen LogP contribution in [-0.4, -0.2) is 55.4 Å². The fourth-order valence-electron chi connectivity index (χ4n) is 3.68. The molecular weight excluding hydrogens is 568 g/mol. The maximum Gasteiger partial charge on any atom is 0.314 e. The number of fused-ring (bicyclic) bond motifs is 1. The van der Waals surface area contributed by atoms with Crippen LogP contribution < -0.4 is 15.8 Å². The summed E-state index contributed by atoms with van der Waals surface area (Å²) >= 11 is 2.19. The van der Waals surface area contributed by atoms with E-state index in [1.807, 2.05) is 18.2 Å². The number of hydrogen-bond donors (Lipinski definition) is 2. The third-order valence-corrected chi connectivity index (χ3v) is 7.42. The number of piperidine rings is 1. The fraction of sp³-hybridized carbons (Fsp3) is 0.409. The molecule has 4 heterocycles. The van der Waals surface area contributed by atoms with Crippen molar-refractivity contribution in [2.24, 2.45) is 5.92 Å². The van der Waals surface area contributed by atoms with Gasteiger partial charge in [0.25, 0.3) is 0 Å². The molecule has 10 nitrogen and oxygen atoms in total. The van der Waals surface area contributed by atoms with Gasteiger partial charge >= 0.3 is 11.8 Å². The highest BCUT2D eigenvalue weighted by Gasteiger charge is 2.27. The Hall–Kier alpha value is -2.53. The molecule has 0 bridgehead atoms. The van der Waals surface area contributed by atoms with Crippen LogP contribution in [0.25, 0.3) is 10.9 Å². The number of amides is 2. The molecule has 1 saturated carbocycles. The minimum absolute atomic E-state index is 0.339. The first-order valence-corrected chi connectivity index (χ1v) is 15.2. The summed E-state index contributed by atoms with van der Waals surface area (Å²) in [4.78, 5) is 34.5. The molecule has 2 amide bonds. The van der Waals surface area contributed by atoms with Crippen molar-refractivity contribution in [3.63, 3.8) is 0 Å². The molecule has 3 aromatic rings. The van der Waals surface area contributed by atoms with Gasteiger partial charge in [-0.05, 0) is 59.7 Å². The average molecular weight is 595 g/mol. The number of likely N-dealkylation sites (tertiary alicyclic amines) is 1. The summed E-state index contributed by atoms with van der Waals surface area (Å²) in [6.45, 7) is 3.33. The molecule has 1 aliphatic heterocycles. The smallest absolute Gasteiger partial charge is 0.314 e. The van der Waals surface area contributed by atoms with Gasteiger partial charge in [-0.2, -0.15) is 5.10 Å². The lowest BCUT2D eigenvalue weighted by Gasteiger charge is -2.30. The summed E-state index contributed by atoms with van der Waals surface area (Å²) in [5.74, 6) is 0.364. The summed E-state index contributed by atoms with van der Waals surface area (Å²) < 4.78 is 7.15. The maximum absolute atomic E-state index is 12.4. The van der Waals surface area contributed by atoms with Gasteiger partial charge in [-0.1, -0.05) is 13.0 Å². The summed E-state index contributed by atoms with van der Waals surface area (Å²) in [6.07, 6.45) is 10.0. The Balaban J connectivity index is 0.000000226. The van der Waals surface area contributed by atoms with Crippen molar-refractivity contribution in [1.29, 1.82) is 0 Å².